The molecular formula is C22H29N5O2. The molecule has 0 fully saturated rings. The second-order valence-corrected chi connectivity index (χ2v) is 8.14. The molecule has 7 nitrogen and oxygen atoms in total. The van der Waals surface area contributed by atoms with E-state index in [1.165, 1.54) is 11.1 Å². The second kappa shape index (κ2) is 8.37. The van der Waals surface area contributed by atoms with Crippen molar-refractivity contribution in [1.29, 1.82) is 0 Å². The Kier molecular flexibility index (Phi) is 5.67. The highest BCUT2D eigenvalue weighted by Crippen LogP contribution is 2.24. The number of rotatable bonds is 5. The molecular weight excluding hydrogens is 366 g/mol. The predicted octanol–water partition coefficient (Wildman–Crippen LogP) is 1.71. The van der Waals surface area contributed by atoms with E-state index in [9.17, 15) is 9.59 Å². The first kappa shape index (κ1) is 19.6. The van der Waals surface area contributed by atoms with Crippen LogP contribution in [0.1, 0.15) is 50.8 Å². The van der Waals surface area contributed by atoms with Gasteiger partial charge in [0.15, 0.2) is 5.82 Å². The molecule has 0 saturated carbocycles. The van der Waals surface area contributed by atoms with Crippen LogP contribution in [-0.2, 0) is 25.9 Å². The molecule has 1 aromatic carbocycles. The number of nitrogens with zero attached hydrogens (tertiary/aromatic N) is 4. The molecule has 0 saturated heterocycles. The Labute approximate surface area is 171 Å². The van der Waals surface area contributed by atoms with Crippen LogP contribution in [0.5, 0.6) is 0 Å². The van der Waals surface area contributed by atoms with Gasteiger partial charge in [-0.1, -0.05) is 24.3 Å². The third kappa shape index (κ3) is 4.05. The minimum atomic E-state index is -0.180. The number of hydrogen-bond donors (Lipinski definition) is 1. The van der Waals surface area contributed by atoms with Gasteiger partial charge in [0, 0.05) is 32.7 Å². The summed E-state index contributed by atoms with van der Waals surface area (Å²) in [5.41, 5.74) is 3.82. The van der Waals surface area contributed by atoms with Crippen molar-refractivity contribution in [1.82, 2.24) is 24.7 Å². The Morgan fingerprint density at radius 2 is 1.90 bits per heavy atom. The average molecular weight is 396 g/mol. The lowest BCUT2D eigenvalue weighted by Crippen LogP contribution is -2.37. The highest BCUT2D eigenvalue weighted by molar-refractivity contribution is 5.97. The Balaban J connectivity index is 1.57. The van der Waals surface area contributed by atoms with E-state index in [0.717, 1.165) is 44.5 Å². The summed E-state index contributed by atoms with van der Waals surface area (Å²) in [6, 6.07) is 8.27. The maximum absolute atomic E-state index is 13.3. The van der Waals surface area contributed by atoms with E-state index in [-0.39, 0.29) is 11.8 Å². The topological polar surface area (TPSA) is 70.5 Å². The Hall–Kier alpha value is -2.67. The molecule has 0 spiro atoms. The summed E-state index contributed by atoms with van der Waals surface area (Å²) in [6.45, 7) is 3.36. The van der Waals surface area contributed by atoms with Crippen LogP contribution in [-0.4, -0.2) is 64.9 Å². The van der Waals surface area contributed by atoms with E-state index in [2.05, 4.69) is 22.4 Å². The minimum Gasteiger partial charge on any atom is -0.349 e. The van der Waals surface area contributed by atoms with Crippen LogP contribution >= 0.6 is 0 Å². The standard InChI is InChI=1S/C22H29N5O2/c1-25(2)14-11-23-21(28)19-18-9-5-6-12-27(18)20(24-19)22(29)26-13-10-16-7-3-4-8-17(16)15-26/h3-4,7-8H,5-6,9-15H2,1-2H3,(H,23,28). The zero-order valence-corrected chi connectivity index (χ0v) is 17.3. The summed E-state index contributed by atoms with van der Waals surface area (Å²) in [6.07, 6.45) is 3.68. The zero-order valence-electron chi connectivity index (χ0n) is 17.3. The van der Waals surface area contributed by atoms with Gasteiger partial charge in [0.05, 0.1) is 5.69 Å². The van der Waals surface area contributed by atoms with E-state index in [1.807, 2.05) is 40.6 Å². The molecule has 4 rings (SSSR count). The van der Waals surface area contributed by atoms with E-state index in [0.29, 0.717) is 31.2 Å². The number of aromatic nitrogens is 2. The normalized spacial score (nSPS) is 15.8. The van der Waals surface area contributed by atoms with Gasteiger partial charge in [-0.05, 0) is 50.9 Å². The highest BCUT2D eigenvalue weighted by atomic mass is 16.2. The molecule has 0 aliphatic carbocycles. The lowest BCUT2D eigenvalue weighted by molar-refractivity contribution is 0.0716. The number of imidazole rings is 1. The molecule has 2 aliphatic rings. The fourth-order valence-corrected chi connectivity index (χ4v) is 4.18. The van der Waals surface area contributed by atoms with Gasteiger partial charge in [-0.25, -0.2) is 4.98 Å². The molecule has 154 valence electrons. The second-order valence-electron chi connectivity index (χ2n) is 8.14. The van der Waals surface area contributed by atoms with Gasteiger partial charge in [0.2, 0.25) is 0 Å². The highest BCUT2D eigenvalue weighted by Gasteiger charge is 2.31. The number of hydrogen-bond acceptors (Lipinski definition) is 4. The molecule has 0 bridgehead atoms. The van der Waals surface area contributed by atoms with Gasteiger partial charge in [-0.15, -0.1) is 0 Å². The predicted molar refractivity (Wildman–Crippen MR) is 111 cm³/mol. The maximum Gasteiger partial charge on any atom is 0.290 e. The number of nitrogens with one attached hydrogen (secondary N) is 1. The van der Waals surface area contributed by atoms with Crippen molar-refractivity contribution < 1.29 is 9.59 Å². The molecule has 7 heteroatoms. The lowest BCUT2D eigenvalue weighted by Gasteiger charge is -2.29. The van der Waals surface area contributed by atoms with E-state index < -0.39 is 0 Å². The van der Waals surface area contributed by atoms with Gasteiger partial charge in [0.25, 0.3) is 11.8 Å². The molecule has 0 radical (unpaired) electrons. The van der Waals surface area contributed by atoms with Crippen molar-refractivity contribution in [2.75, 3.05) is 33.7 Å². The van der Waals surface area contributed by atoms with Crippen molar-refractivity contribution in [3.63, 3.8) is 0 Å². The number of benzene rings is 1. The SMILES string of the molecule is CN(C)CCNC(=O)c1nc(C(=O)N2CCc3ccccc3C2)n2c1CCCC2. The number of carbonyl (C=O) groups is 2. The van der Waals surface area contributed by atoms with Gasteiger partial charge in [-0.3, -0.25) is 9.59 Å². The first-order chi connectivity index (χ1) is 14.0. The number of likely N-dealkylation sites (N-methyl/N-ethyl adjacent to an activating group) is 1. The van der Waals surface area contributed by atoms with Gasteiger partial charge >= 0.3 is 0 Å². The van der Waals surface area contributed by atoms with Crippen LogP contribution < -0.4 is 5.32 Å². The quantitative estimate of drug-likeness (QED) is 0.837. The van der Waals surface area contributed by atoms with Gasteiger partial charge < -0.3 is 19.7 Å². The summed E-state index contributed by atoms with van der Waals surface area (Å²) in [5.74, 6) is 0.160. The third-order valence-electron chi connectivity index (χ3n) is 5.79. The molecule has 1 aromatic heterocycles. The fraction of sp³-hybridized carbons (Fsp3) is 0.500. The molecule has 2 amide bonds. The minimum absolute atomic E-state index is 0.0741. The van der Waals surface area contributed by atoms with Crippen LogP contribution in [0.2, 0.25) is 0 Å². The smallest absolute Gasteiger partial charge is 0.290 e. The van der Waals surface area contributed by atoms with Crippen molar-refractivity contribution >= 4 is 11.8 Å². The lowest BCUT2D eigenvalue weighted by atomic mass is 10.00. The molecule has 29 heavy (non-hydrogen) atoms. The summed E-state index contributed by atoms with van der Waals surface area (Å²) in [7, 11) is 3.94. The van der Waals surface area contributed by atoms with Gasteiger partial charge in [0.1, 0.15) is 5.69 Å². The monoisotopic (exact) mass is 395 g/mol. The summed E-state index contributed by atoms with van der Waals surface area (Å²) in [4.78, 5) is 34.5. The zero-order chi connectivity index (χ0) is 20.4. The van der Waals surface area contributed by atoms with Crippen molar-refractivity contribution in [2.45, 2.75) is 38.8 Å². The Bertz CT molecular complexity index is 918. The maximum atomic E-state index is 13.3. The van der Waals surface area contributed by atoms with Gasteiger partial charge in [-0.2, -0.15) is 0 Å². The van der Waals surface area contributed by atoms with Crippen LogP contribution in [0.3, 0.4) is 0 Å². The van der Waals surface area contributed by atoms with Crippen LogP contribution in [0.15, 0.2) is 24.3 Å². The number of amides is 2. The molecule has 0 atom stereocenters. The largest absolute Gasteiger partial charge is 0.349 e. The van der Waals surface area contributed by atoms with E-state index in [1.54, 1.807) is 0 Å². The van der Waals surface area contributed by atoms with Crippen LogP contribution in [0.25, 0.3) is 0 Å². The average Bonchev–Trinajstić information content (AvgIpc) is 3.12. The first-order valence-corrected chi connectivity index (χ1v) is 10.4. The molecule has 1 N–H and O–H groups in total. The van der Waals surface area contributed by atoms with E-state index >= 15 is 0 Å². The molecule has 0 unspecified atom stereocenters. The van der Waals surface area contributed by atoms with Crippen molar-refractivity contribution in [3.8, 4) is 0 Å². The number of fused-ring (bicyclic) bond motifs is 2. The Morgan fingerprint density at radius 1 is 1.10 bits per heavy atom. The number of carbonyl (C=O) groups excluding carboxylic acids is 2. The first-order valence-electron chi connectivity index (χ1n) is 10.4. The summed E-state index contributed by atoms with van der Waals surface area (Å²) < 4.78 is 1.98. The molecule has 3 heterocycles. The summed E-state index contributed by atoms with van der Waals surface area (Å²) in [5, 5.41) is 2.94. The van der Waals surface area contributed by atoms with E-state index in [4.69, 9.17) is 0 Å². The van der Waals surface area contributed by atoms with Crippen LogP contribution in [0.4, 0.5) is 0 Å². The van der Waals surface area contributed by atoms with Crippen molar-refractivity contribution in [3.05, 3.63) is 52.6 Å². The summed E-state index contributed by atoms with van der Waals surface area (Å²) >= 11 is 0. The fourth-order valence-electron chi connectivity index (χ4n) is 4.18. The molecule has 2 aromatic rings. The molecule has 2 aliphatic heterocycles. The van der Waals surface area contributed by atoms with Crippen LogP contribution in [0, 0.1) is 0 Å². The van der Waals surface area contributed by atoms with Crippen molar-refractivity contribution in [2.24, 2.45) is 0 Å². The third-order valence-corrected chi connectivity index (χ3v) is 5.79. The Morgan fingerprint density at radius 3 is 2.69 bits per heavy atom.